The topological polar surface area (TPSA) is 30.5 Å². The molecule has 0 radical (unpaired) electrons. The monoisotopic (exact) mass is 277 g/mol. The Morgan fingerprint density at radius 2 is 2.05 bits per heavy atom. The second-order valence-corrected chi connectivity index (χ2v) is 5.61. The minimum atomic E-state index is 0.358. The molecule has 1 aromatic carbocycles. The lowest BCUT2D eigenvalue weighted by Gasteiger charge is -2.32. The number of ether oxygens (including phenoxy) is 2. The molecule has 0 spiro atoms. The van der Waals surface area contributed by atoms with Gasteiger partial charge in [0.1, 0.15) is 17.6 Å². The van der Waals surface area contributed by atoms with Gasteiger partial charge in [0, 0.05) is 18.2 Å². The van der Waals surface area contributed by atoms with Gasteiger partial charge in [-0.2, -0.15) is 0 Å². The van der Waals surface area contributed by atoms with Crippen LogP contribution in [-0.4, -0.2) is 20.3 Å². The number of hydrogen-bond acceptors (Lipinski definition) is 3. The van der Waals surface area contributed by atoms with Gasteiger partial charge in [-0.1, -0.05) is 19.4 Å². The van der Waals surface area contributed by atoms with Crippen LogP contribution in [0.15, 0.2) is 18.2 Å². The van der Waals surface area contributed by atoms with Crippen LogP contribution in [0.5, 0.6) is 11.5 Å². The predicted octanol–water partition coefficient (Wildman–Crippen LogP) is 3.76. The van der Waals surface area contributed by atoms with Gasteiger partial charge >= 0.3 is 0 Å². The third-order valence-electron chi connectivity index (χ3n) is 4.28. The maximum atomic E-state index is 6.36. The summed E-state index contributed by atoms with van der Waals surface area (Å²) in [7, 11) is 3.66. The molecule has 1 fully saturated rings. The van der Waals surface area contributed by atoms with E-state index in [0.717, 1.165) is 18.0 Å². The van der Waals surface area contributed by atoms with Crippen LogP contribution < -0.4 is 14.8 Å². The van der Waals surface area contributed by atoms with E-state index in [1.165, 1.54) is 37.7 Å². The summed E-state index contributed by atoms with van der Waals surface area (Å²) in [6.07, 6.45) is 6.67. The number of hydrogen-bond donors (Lipinski definition) is 1. The maximum Gasteiger partial charge on any atom is 0.127 e. The average molecular weight is 277 g/mol. The van der Waals surface area contributed by atoms with Crippen LogP contribution in [0, 0.1) is 5.92 Å². The highest BCUT2D eigenvalue weighted by molar-refractivity contribution is 5.41. The molecule has 0 aliphatic heterocycles. The molecule has 3 nitrogen and oxygen atoms in total. The molecule has 1 saturated carbocycles. The third kappa shape index (κ3) is 3.66. The Bertz CT molecular complexity index is 419. The molecule has 1 aromatic rings. The first kappa shape index (κ1) is 15.2. The minimum Gasteiger partial charge on any atom is -0.497 e. The molecule has 1 aliphatic carbocycles. The van der Waals surface area contributed by atoms with Crippen LogP contribution in [0.1, 0.15) is 44.6 Å². The van der Waals surface area contributed by atoms with E-state index in [1.807, 2.05) is 19.2 Å². The fourth-order valence-electron chi connectivity index (χ4n) is 3.07. The van der Waals surface area contributed by atoms with Crippen LogP contribution in [-0.2, 0) is 6.54 Å². The summed E-state index contributed by atoms with van der Waals surface area (Å²) >= 11 is 0. The molecule has 112 valence electrons. The predicted molar refractivity (Wildman–Crippen MR) is 82.4 cm³/mol. The van der Waals surface area contributed by atoms with Crippen molar-refractivity contribution in [1.82, 2.24) is 5.32 Å². The second kappa shape index (κ2) is 7.53. The Labute approximate surface area is 122 Å². The van der Waals surface area contributed by atoms with Crippen LogP contribution in [0.3, 0.4) is 0 Å². The molecule has 1 N–H and O–H groups in total. The molecule has 0 saturated heterocycles. The highest BCUT2D eigenvalue weighted by atomic mass is 16.5. The van der Waals surface area contributed by atoms with Gasteiger partial charge in [-0.25, -0.2) is 0 Å². The van der Waals surface area contributed by atoms with Crippen molar-refractivity contribution in [3.8, 4) is 11.5 Å². The summed E-state index contributed by atoms with van der Waals surface area (Å²) in [5.74, 6) is 2.53. The lowest BCUT2D eigenvalue weighted by Crippen LogP contribution is -2.30. The number of nitrogens with one attached hydrogen (secondary N) is 1. The van der Waals surface area contributed by atoms with Crippen molar-refractivity contribution in [1.29, 1.82) is 0 Å². The standard InChI is InChI=1S/C17H27NO2/c1-4-13-7-5-6-8-16(13)20-17-11-15(19-3)10-9-14(17)12-18-2/h9-11,13,16,18H,4-8,12H2,1-3H3. The van der Waals surface area contributed by atoms with Gasteiger partial charge in [0.25, 0.3) is 0 Å². The van der Waals surface area contributed by atoms with Gasteiger partial charge in [-0.3, -0.25) is 0 Å². The fraction of sp³-hybridized carbons (Fsp3) is 0.647. The van der Waals surface area contributed by atoms with Gasteiger partial charge < -0.3 is 14.8 Å². The summed E-state index contributed by atoms with van der Waals surface area (Å²) < 4.78 is 11.7. The van der Waals surface area contributed by atoms with Gasteiger partial charge in [0.15, 0.2) is 0 Å². The largest absolute Gasteiger partial charge is 0.497 e. The first-order valence-corrected chi connectivity index (χ1v) is 7.76. The van der Waals surface area contributed by atoms with Crippen molar-refractivity contribution in [3.05, 3.63) is 23.8 Å². The first-order chi connectivity index (χ1) is 9.78. The zero-order valence-corrected chi connectivity index (χ0v) is 12.9. The van der Waals surface area contributed by atoms with E-state index in [9.17, 15) is 0 Å². The molecule has 3 heteroatoms. The molecule has 20 heavy (non-hydrogen) atoms. The van der Waals surface area contributed by atoms with E-state index >= 15 is 0 Å². The van der Waals surface area contributed by atoms with Crippen molar-refractivity contribution < 1.29 is 9.47 Å². The quantitative estimate of drug-likeness (QED) is 0.858. The fourth-order valence-corrected chi connectivity index (χ4v) is 3.07. The molecule has 2 unspecified atom stereocenters. The average Bonchev–Trinajstić information content (AvgIpc) is 2.49. The maximum absolute atomic E-state index is 6.36. The van der Waals surface area contributed by atoms with Crippen molar-refractivity contribution >= 4 is 0 Å². The molecule has 0 amide bonds. The lowest BCUT2D eigenvalue weighted by atomic mass is 9.84. The molecular weight excluding hydrogens is 250 g/mol. The van der Waals surface area contributed by atoms with E-state index in [2.05, 4.69) is 18.3 Å². The first-order valence-electron chi connectivity index (χ1n) is 7.76. The number of rotatable bonds is 6. The van der Waals surface area contributed by atoms with Crippen molar-refractivity contribution in [2.75, 3.05) is 14.2 Å². The summed E-state index contributed by atoms with van der Waals surface area (Å²) in [5.41, 5.74) is 1.20. The van der Waals surface area contributed by atoms with E-state index in [-0.39, 0.29) is 0 Å². The molecular formula is C17H27NO2. The van der Waals surface area contributed by atoms with E-state index in [0.29, 0.717) is 12.0 Å². The summed E-state index contributed by atoms with van der Waals surface area (Å²) in [6.45, 7) is 3.09. The van der Waals surface area contributed by atoms with Crippen LogP contribution in [0.2, 0.25) is 0 Å². The van der Waals surface area contributed by atoms with Gasteiger partial charge in [-0.15, -0.1) is 0 Å². The zero-order chi connectivity index (χ0) is 14.4. The normalized spacial score (nSPS) is 22.6. The van der Waals surface area contributed by atoms with Gasteiger partial charge in [0.05, 0.1) is 7.11 Å². The minimum absolute atomic E-state index is 0.358. The van der Waals surface area contributed by atoms with E-state index in [4.69, 9.17) is 9.47 Å². The van der Waals surface area contributed by atoms with Crippen LogP contribution in [0.25, 0.3) is 0 Å². The van der Waals surface area contributed by atoms with Gasteiger partial charge in [-0.05, 0) is 44.7 Å². The highest BCUT2D eigenvalue weighted by Crippen LogP contribution is 2.33. The van der Waals surface area contributed by atoms with Crippen LogP contribution >= 0.6 is 0 Å². The Hall–Kier alpha value is -1.22. The number of methoxy groups -OCH3 is 1. The summed E-state index contributed by atoms with van der Waals surface area (Å²) in [5, 5.41) is 3.20. The Balaban J connectivity index is 2.16. The third-order valence-corrected chi connectivity index (χ3v) is 4.28. The smallest absolute Gasteiger partial charge is 0.127 e. The van der Waals surface area contributed by atoms with Crippen molar-refractivity contribution in [3.63, 3.8) is 0 Å². The van der Waals surface area contributed by atoms with Crippen molar-refractivity contribution in [2.45, 2.75) is 51.7 Å². The van der Waals surface area contributed by atoms with E-state index in [1.54, 1.807) is 7.11 Å². The Kier molecular flexibility index (Phi) is 5.72. The summed E-state index contributed by atoms with van der Waals surface area (Å²) in [4.78, 5) is 0. The zero-order valence-electron chi connectivity index (χ0n) is 12.9. The SMILES string of the molecule is CCC1CCCCC1Oc1cc(OC)ccc1CNC. The lowest BCUT2D eigenvalue weighted by molar-refractivity contribution is 0.0890. The van der Waals surface area contributed by atoms with Gasteiger partial charge in [0.2, 0.25) is 0 Å². The highest BCUT2D eigenvalue weighted by Gasteiger charge is 2.26. The molecule has 0 aromatic heterocycles. The second-order valence-electron chi connectivity index (χ2n) is 5.61. The van der Waals surface area contributed by atoms with Crippen LogP contribution in [0.4, 0.5) is 0 Å². The van der Waals surface area contributed by atoms with Crippen molar-refractivity contribution in [2.24, 2.45) is 5.92 Å². The molecule has 2 atom stereocenters. The molecule has 0 bridgehead atoms. The molecule has 1 aliphatic rings. The Morgan fingerprint density at radius 3 is 2.75 bits per heavy atom. The van der Waals surface area contributed by atoms with E-state index < -0.39 is 0 Å². The summed E-state index contributed by atoms with van der Waals surface area (Å²) in [6, 6.07) is 6.11. The number of benzene rings is 1. The molecule has 0 heterocycles. The Morgan fingerprint density at radius 1 is 1.25 bits per heavy atom. The molecule has 2 rings (SSSR count).